The third kappa shape index (κ3) is 5.24. The third-order valence-electron chi connectivity index (χ3n) is 2.77. The SMILES string of the molecule is CCCOc1c(Cl)cc(C(=O)Nc2nnc(SCCC)s2)cc1Cl. The molecule has 0 fully saturated rings. The molecule has 0 aliphatic heterocycles. The molecular formula is C15H17Cl2N3O2S2. The van der Waals surface area contributed by atoms with Gasteiger partial charge in [-0.1, -0.05) is 60.1 Å². The normalized spacial score (nSPS) is 10.7. The Kier molecular flexibility index (Phi) is 7.61. The van der Waals surface area contributed by atoms with Crippen LogP contribution in [-0.2, 0) is 0 Å². The van der Waals surface area contributed by atoms with Crippen LogP contribution in [0.3, 0.4) is 0 Å². The molecule has 0 atom stereocenters. The van der Waals surface area contributed by atoms with E-state index in [1.165, 1.54) is 23.5 Å². The van der Waals surface area contributed by atoms with Gasteiger partial charge in [-0.15, -0.1) is 10.2 Å². The molecule has 0 saturated heterocycles. The molecule has 5 nitrogen and oxygen atoms in total. The highest BCUT2D eigenvalue weighted by molar-refractivity contribution is 8.01. The van der Waals surface area contributed by atoms with E-state index in [9.17, 15) is 4.79 Å². The lowest BCUT2D eigenvalue weighted by atomic mass is 10.2. The van der Waals surface area contributed by atoms with Crippen LogP contribution in [0.1, 0.15) is 37.0 Å². The van der Waals surface area contributed by atoms with Crippen LogP contribution in [0, 0.1) is 0 Å². The van der Waals surface area contributed by atoms with Gasteiger partial charge >= 0.3 is 0 Å². The molecule has 1 heterocycles. The first-order valence-electron chi connectivity index (χ1n) is 7.44. The van der Waals surface area contributed by atoms with E-state index in [4.69, 9.17) is 27.9 Å². The maximum absolute atomic E-state index is 12.3. The number of thioether (sulfide) groups is 1. The molecule has 1 N–H and O–H groups in total. The first-order valence-corrected chi connectivity index (χ1v) is 10.0. The number of rotatable bonds is 8. The van der Waals surface area contributed by atoms with Crippen molar-refractivity contribution in [1.29, 1.82) is 0 Å². The first kappa shape index (κ1) is 19.3. The fraction of sp³-hybridized carbons (Fsp3) is 0.400. The molecule has 0 radical (unpaired) electrons. The largest absolute Gasteiger partial charge is 0.490 e. The van der Waals surface area contributed by atoms with Gasteiger partial charge in [0.2, 0.25) is 5.13 Å². The zero-order valence-electron chi connectivity index (χ0n) is 13.3. The second kappa shape index (κ2) is 9.46. The maximum Gasteiger partial charge on any atom is 0.257 e. The number of ether oxygens (including phenoxy) is 1. The number of nitrogens with one attached hydrogen (secondary N) is 1. The molecule has 0 bridgehead atoms. The van der Waals surface area contributed by atoms with Crippen LogP contribution >= 0.6 is 46.3 Å². The highest BCUT2D eigenvalue weighted by Crippen LogP contribution is 2.34. The van der Waals surface area contributed by atoms with Crippen LogP contribution in [0.4, 0.5) is 5.13 Å². The van der Waals surface area contributed by atoms with E-state index in [0.29, 0.717) is 33.1 Å². The molecule has 2 aromatic rings. The van der Waals surface area contributed by atoms with Gasteiger partial charge in [-0.05, 0) is 25.0 Å². The van der Waals surface area contributed by atoms with Gasteiger partial charge in [-0.25, -0.2) is 0 Å². The predicted octanol–water partition coefficient (Wildman–Crippen LogP) is 5.39. The number of carbonyl (C=O) groups excluding carboxylic acids is 1. The molecule has 1 aromatic heterocycles. The molecule has 1 amide bonds. The maximum atomic E-state index is 12.3. The summed E-state index contributed by atoms with van der Waals surface area (Å²) in [5.74, 6) is 1.02. The van der Waals surface area contributed by atoms with Crippen LogP contribution in [0.2, 0.25) is 10.0 Å². The summed E-state index contributed by atoms with van der Waals surface area (Å²) in [6.45, 7) is 4.59. The smallest absolute Gasteiger partial charge is 0.257 e. The van der Waals surface area contributed by atoms with Gasteiger partial charge in [-0.2, -0.15) is 0 Å². The number of aromatic nitrogens is 2. The van der Waals surface area contributed by atoms with E-state index in [1.54, 1.807) is 11.8 Å². The number of amides is 1. The lowest BCUT2D eigenvalue weighted by Gasteiger charge is -2.10. The fourth-order valence-corrected chi connectivity index (χ4v) is 3.98. The van der Waals surface area contributed by atoms with Gasteiger partial charge in [0.15, 0.2) is 10.1 Å². The molecule has 0 aliphatic carbocycles. The summed E-state index contributed by atoms with van der Waals surface area (Å²) in [4.78, 5) is 12.3. The monoisotopic (exact) mass is 405 g/mol. The van der Waals surface area contributed by atoms with Crippen LogP contribution in [0.15, 0.2) is 16.5 Å². The summed E-state index contributed by atoms with van der Waals surface area (Å²) in [6, 6.07) is 3.06. The summed E-state index contributed by atoms with van der Waals surface area (Å²) in [6.07, 6.45) is 1.89. The third-order valence-corrected chi connectivity index (χ3v) is 5.51. The molecule has 9 heteroatoms. The van der Waals surface area contributed by atoms with Crippen molar-refractivity contribution in [3.8, 4) is 5.75 Å². The van der Waals surface area contributed by atoms with E-state index in [-0.39, 0.29) is 5.91 Å². The topological polar surface area (TPSA) is 64.1 Å². The lowest BCUT2D eigenvalue weighted by Crippen LogP contribution is -2.12. The second-order valence-electron chi connectivity index (χ2n) is 4.79. The van der Waals surface area contributed by atoms with Crippen molar-refractivity contribution in [2.24, 2.45) is 0 Å². The number of hydrogen-bond acceptors (Lipinski definition) is 6. The van der Waals surface area contributed by atoms with Crippen LogP contribution in [-0.4, -0.2) is 28.5 Å². The van der Waals surface area contributed by atoms with Crippen molar-refractivity contribution < 1.29 is 9.53 Å². The number of benzene rings is 1. The Hall–Kier alpha value is -1.02. The zero-order chi connectivity index (χ0) is 17.5. The Balaban J connectivity index is 2.08. The molecule has 130 valence electrons. The van der Waals surface area contributed by atoms with Gasteiger partial charge in [-0.3, -0.25) is 10.1 Å². The first-order chi connectivity index (χ1) is 11.5. The van der Waals surface area contributed by atoms with Gasteiger partial charge in [0.25, 0.3) is 5.91 Å². The molecule has 0 saturated carbocycles. The molecule has 0 unspecified atom stereocenters. The summed E-state index contributed by atoms with van der Waals surface area (Å²) < 4.78 is 6.32. The Morgan fingerprint density at radius 1 is 1.25 bits per heavy atom. The van der Waals surface area contributed by atoms with Crippen molar-refractivity contribution in [3.63, 3.8) is 0 Å². The predicted molar refractivity (Wildman–Crippen MR) is 101 cm³/mol. The summed E-state index contributed by atoms with van der Waals surface area (Å²) >= 11 is 15.3. The molecule has 24 heavy (non-hydrogen) atoms. The standard InChI is InChI=1S/C15H17Cl2N3O2S2/c1-3-5-22-12-10(16)7-9(8-11(12)17)13(21)18-14-19-20-15(24-14)23-6-4-2/h7-8H,3-6H2,1-2H3,(H,18,19,21). The molecule has 2 rings (SSSR count). The van der Waals surface area contributed by atoms with Crippen molar-refractivity contribution in [2.75, 3.05) is 17.7 Å². The molecular weight excluding hydrogens is 389 g/mol. The molecule has 1 aromatic carbocycles. The Morgan fingerprint density at radius 2 is 1.96 bits per heavy atom. The Labute approximate surface area is 159 Å². The van der Waals surface area contributed by atoms with Gasteiger partial charge in [0, 0.05) is 11.3 Å². The molecule has 0 aliphatic rings. The average Bonchev–Trinajstić information content (AvgIpc) is 2.99. The van der Waals surface area contributed by atoms with Gasteiger partial charge < -0.3 is 4.74 Å². The van der Waals surface area contributed by atoms with E-state index in [2.05, 4.69) is 22.4 Å². The number of anilines is 1. The van der Waals surface area contributed by atoms with Crippen molar-refractivity contribution in [3.05, 3.63) is 27.7 Å². The summed E-state index contributed by atoms with van der Waals surface area (Å²) in [7, 11) is 0. The van der Waals surface area contributed by atoms with Crippen LogP contribution in [0.5, 0.6) is 5.75 Å². The van der Waals surface area contributed by atoms with E-state index in [1.807, 2.05) is 6.92 Å². The van der Waals surface area contributed by atoms with Gasteiger partial charge in [0.1, 0.15) is 0 Å². The minimum atomic E-state index is -0.343. The highest BCUT2D eigenvalue weighted by atomic mass is 35.5. The van der Waals surface area contributed by atoms with E-state index >= 15 is 0 Å². The minimum Gasteiger partial charge on any atom is -0.490 e. The van der Waals surface area contributed by atoms with Crippen molar-refractivity contribution >= 4 is 57.3 Å². The zero-order valence-corrected chi connectivity index (χ0v) is 16.4. The van der Waals surface area contributed by atoms with Gasteiger partial charge in [0.05, 0.1) is 16.7 Å². The number of halogens is 2. The summed E-state index contributed by atoms with van der Waals surface area (Å²) in [5.41, 5.74) is 0.340. The molecule has 0 spiro atoms. The van der Waals surface area contributed by atoms with E-state index < -0.39 is 0 Å². The number of nitrogens with zero attached hydrogens (tertiary/aromatic N) is 2. The van der Waals surface area contributed by atoms with E-state index in [0.717, 1.165) is 22.9 Å². The highest BCUT2D eigenvalue weighted by Gasteiger charge is 2.16. The number of hydrogen-bond donors (Lipinski definition) is 1. The second-order valence-corrected chi connectivity index (χ2v) is 7.93. The fourth-order valence-electron chi connectivity index (χ4n) is 1.71. The van der Waals surface area contributed by atoms with Crippen molar-refractivity contribution in [2.45, 2.75) is 31.0 Å². The van der Waals surface area contributed by atoms with Crippen LogP contribution < -0.4 is 10.1 Å². The Morgan fingerprint density at radius 3 is 2.58 bits per heavy atom. The average molecular weight is 406 g/mol. The quantitative estimate of drug-likeness (QED) is 0.471. The Bertz CT molecular complexity index is 687. The van der Waals surface area contributed by atoms with Crippen molar-refractivity contribution in [1.82, 2.24) is 10.2 Å². The summed E-state index contributed by atoms with van der Waals surface area (Å²) in [5, 5.41) is 11.7. The number of carbonyl (C=O) groups is 1. The van der Waals surface area contributed by atoms with Crippen LogP contribution in [0.25, 0.3) is 0 Å². The lowest BCUT2D eigenvalue weighted by molar-refractivity contribution is 0.102. The minimum absolute atomic E-state index is 0.303.